The van der Waals surface area contributed by atoms with Crippen molar-refractivity contribution < 1.29 is 4.39 Å². The summed E-state index contributed by atoms with van der Waals surface area (Å²) in [5.74, 6) is 1.58. The van der Waals surface area contributed by atoms with Crippen molar-refractivity contribution in [1.29, 1.82) is 0 Å². The highest BCUT2D eigenvalue weighted by Crippen LogP contribution is 2.28. The van der Waals surface area contributed by atoms with Crippen LogP contribution in [0, 0.1) is 17.7 Å². The van der Waals surface area contributed by atoms with E-state index in [-0.39, 0.29) is 5.82 Å². The maximum atomic E-state index is 13.2. The number of benzene rings is 1. The molecule has 0 radical (unpaired) electrons. The molecule has 2 fully saturated rings. The first-order chi connectivity index (χ1) is 8.81. The minimum atomic E-state index is -0.121. The fourth-order valence-corrected chi connectivity index (χ4v) is 3.36. The average molecular weight is 248 g/mol. The van der Waals surface area contributed by atoms with Crippen LogP contribution >= 0.6 is 0 Å². The third-order valence-corrected chi connectivity index (χ3v) is 4.37. The topological polar surface area (TPSA) is 15.3 Å². The molecule has 2 aliphatic heterocycles. The van der Waals surface area contributed by atoms with Gasteiger partial charge in [-0.2, -0.15) is 0 Å². The molecule has 3 rings (SSSR count). The molecule has 2 unspecified atom stereocenters. The van der Waals surface area contributed by atoms with Crippen molar-refractivity contribution >= 4 is 0 Å². The molecular weight excluding hydrogens is 227 g/mol. The van der Waals surface area contributed by atoms with Crippen molar-refractivity contribution in [1.82, 2.24) is 10.2 Å². The Morgan fingerprint density at radius 2 is 2.22 bits per heavy atom. The molecule has 0 aliphatic carbocycles. The Hall–Kier alpha value is -0.930. The average Bonchev–Trinajstić information content (AvgIpc) is 2.39. The quantitative estimate of drug-likeness (QED) is 0.863. The highest BCUT2D eigenvalue weighted by Gasteiger charge is 2.30. The third kappa shape index (κ3) is 2.73. The van der Waals surface area contributed by atoms with Gasteiger partial charge < -0.3 is 5.32 Å². The molecule has 2 saturated heterocycles. The molecule has 2 heterocycles. The summed E-state index contributed by atoms with van der Waals surface area (Å²) >= 11 is 0. The van der Waals surface area contributed by atoms with E-state index >= 15 is 0 Å². The van der Waals surface area contributed by atoms with Gasteiger partial charge in [0.05, 0.1) is 0 Å². The highest BCUT2D eigenvalue weighted by atomic mass is 19.1. The monoisotopic (exact) mass is 248 g/mol. The summed E-state index contributed by atoms with van der Waals surface area (Å²) in [6.45, 7) is 5.59. The maximum Gasteiger partial charge on any atom is 0.123 e. The molecule has 1 aromatic carbocycles. The summed E-state index contributed by atoms with van der Waals surface area (Å²) in [5, 5.41) is 3.49. The predicted molar refractivity (Wildman–Crippen MR) is 70.8 cm³/mol. The van der Waals surface area contributed by atoms with Gasteiger partial charge in [-0.15, -0.1) is 0 Å². The van der Waals surface area contributed by atoms with E-state index in [1.165, 1.54) is 32.0 Å². The van der Waals surface area contributed by atoms with Gasteiger partial charge in [-0.1, -0.05) is 12.1 Å². The van der Waals surface area contributed by atoms with Gasteiger partial charge in [0.2, 0.25) is 0 Å². The van der Waals surface area contributed by atoms with Crippen LogP contribution in [-0.4, -0.2) is 31.1 Å². The zero-order valence-corrected chi connectivity index (χ0v) is 10.7. The van der Waals surface area contributed by atoms with E-state index in [1.807, 2.05) is 12.1 Å². The maximum absolute atomic E-state index is 13.2. The molecule has 0 saturated carbocycles. The number of piperidine rings is 2. The zero-order chi connectivity index (χ0) is 12.4. The Balaban J connectivity index is 1.61. The summed E-state index contributed by atoms with van der Waals surface area (Å²) in [6, 6.07) is 7.01. The number of likely N-dealkylation sites (tertiary alicyclic amines) is 1. The number of nitrogens with zero attached hydrogens (tertiary/aromatic N) is 1. The molecule has 18 heavy (non-hydrogen) atoms. The van der Waals surface area contributed by atoms with Gasteiger partial charge in [0, 0.05) is 13.1 Å². The largest absolute Gasteiger partial charge is 0.316 e. The first-order valence-corrected chi connectivity index (χ1v) is 6.99. The van der Waals surface area contributed by atoms with E-state index in [4.69, 9.17) is 0 Å². The molecule has 2 nitrogen and oxygen atoms in total. The Bertz CT molecular complexity index is 407. The predicted octanol–water partition coefficient (Wildman–Crippen LogP) is 2.26. The van der Waals surface area contributed by atoms with Crippen LogP contribution in [0.1, 0.15) is 18.4 Å². The molecule has 98 valence electrons. The third-order valence-electron chi connectivity index (χ3n) is 4.37. The lowest BCUT2D eigenvalue weighted by molar-refractivity contribution is 0.0904. The van der Waals surface area contributed by atoms with Crippen LogP contribution in [0.2, 0.25) is 0 Å². The van der Waals surface area contributed by atoms with Gasteiger partial charge >= 0.3 is 0 Å². The molecule has 0 aromatic heterocycles. The highest BCUT2D eigenvalue weighted by molar-refractivity contribution is 5.16. The minimum Gasteiger partial charge on any atom is -0.316 e. The fourth-order valence-electron chi connectivity index (χ4n) is 3.36. The van der Waals surface area contributed by atoms with Crippen molar-refractivity contribution in [3.63, 3.8) is 0 Å². The number of hydrogen-bond acceptors (Lipinski definition) is 2. The second kappa shape index (κ2) is 5.37. The Morgan fingerprint density at radius 3 is 3.11 bits per heavy atom. The van der Waals surface area contributed by atoms with E-state index in [9.17, 15) is 4.39 Å². The molecule has 0 bridgehead atoms. The van der Waals surface area contributed by atoms with Crippen LogP contribution in [0.3, 0.4) is 0 Å². The first-order valence-electron chi connectivity index (χ1n) is 6.99. The molecule has 0 spiro atoms. The van der Waals surface area contributed by atoms with E-state index < -0.39 is 0 Å². The Labute approximate surface area is 108 Å². The molecule has 1 aromatic rings. The number of rotatable bonds is 2. The lowest BCUT2D eigenvalue weighted by Crippen LogP contribution is -2.47. The summed E-state index contributed by atoms with van der Waals surface area (Å²) in [5.41, 5.74) is 1.10. The van der Waals surface area contributed by atoms with Crippen LogP contribution in [0.15, 0.2) is 24.3 Å². The Morgan fingerprint density at radius 1 is 1.28 bits per heavy atom. The second-order valence-electron chi connectivity index (χ2n) is 5.67. The summed E-state index contributed by atoms with van der Waals surface area (Å²) in [6.07, 6.45) is 2.58. The van der Waals surface area contributed by atoms with Gasteiger partial charge in [0.1, 0.15) is 5.82 Å². The van der Waals surface area contributed by atoms with Crippen molar-refractivity contribution in [2.75, 3.05) is 26.2 Å². The van der Waals surface area contributed by atoms with E-state index in [2.05, 4.69) is 10.2 Å². The van der Waals surface area contributed by atoms with Gasteiger partial charge in [0.15, 0.2) is 0 Å². The number of nitrogens with one attached hydrogen (secondary N) is 1. The van der Waals surface area contributed by atoms with Crippen LogP contribution in [0.5, 0.6) is 0 Å². The van der Waals surface area contributed by atoms with Gasteiger partial charge in [-0.25, -0.2) is 4.39 Å². The standard InChI is InChI=1S/C15H21FN2/c16-15-3-1-2-12(8-15)10-18-7-5-13-9-17-6-4-14(13)11-18/h1-3,8,13-14,17H,4-7,9-11H2. The van der Waals surface area contributed by atoms with Crippen LogP contribution in [0.25, 0.3) is 0 Å². The van der Waals surface area contributed by atoms with E-state index in [0.717, 1.165) is 37.0 Å². The second-order valence-corrected chi connectivity index (χ2v) is 5.67. The van der Waals surface area contributed by atoms with Crippen molar-refractivity contribution in [2.24, 2.45) is 11.8 Å². The van der Waals surface area contributed by atoms with Crippen molar-refractivity contribution in [3.8, 4) is 0 Å². The summed E-state index contributed by atoms with van der Waals surface area (Å²) in [7, 11) is 0. The van der Waals surface area contributed by atoms with Crippen LogP contribution < -0.4 is 5.32 Å². The minimum absolute atomic E-state index is 0.121. The smallest absolute Gasteiger partial charge is 0.123 e. The fraction of sp³-hybridized carbons (Fsp3) is 0.600. The van der Waals surface area contributed by atoms with Crippen LogP contribution in [0.4, 0.5) is 4.39 Å². The molecule has 2 atom stereocenters. The number of halogens is 1. The normalized spacial score (nSPS) is 28.9. The summed E-state index contributed by atoms with van der Waals surface area (Å²) in [4.78, 5) is 2.49. The van der Waals surface area contributed by atoms with E-state index in [1.54, 1.807) is 6.07 Å². The van der Waals surface area contributed by atoms with Gasteiger partial charge in [0.25, 0.3) is 0 Å². The first kappa shape index (κ1) is 12.1. The molecule has 2 aliphatic rings. The lowest BCUT2D eigenvalue weighted by atomic mass is 9.81. The van der Waals surface area contributed by atoms with Crippen molar-refractivity contribution in [3.05, 3.63) is 35.6 Å². The van der Waals surface area contributed by atoms with E-state index in [0.29, 0.717) is 0 Å². The summed E-state index contributed by atoms with van der Waals surface area (Å²) < 4.78 is 13.2. The number of hydrogen-bond donors (Lipinski definition) is 1. The molecule has 1 N–H and O–H groups in total. The Kier molecular flexibility index (Phi) is 3.62. The molecular formula is C15H21FN2. The SMILES string of the molecule is Fc1cccc(CN2CCC3CNCCC3C2)c1. The van der Waals surface area contributed by atoms with Gasteiger partial charge in [-0.3, -0.25) is 4.90 Å². The zero-order valence-electron chi connectivity index (χ0n) is 10.7. The van der Waals surface area contributed by atoms with Crippen LogP contribution in [-0.2, 0) is 6.54 Å². The molecule has 0 amide bonds. The number of fused-ring (bicyclic) bond motifs is 1. The van der Waals surface area contributed by atoms with Crippen molar-refractivity contribution in [2.45, 2.75) is 19.4 Å². The lowest BCUT2D eigenvalue weighted by Gasteiger charge is -2.41. The molecule has 3 heteroatoms. The van der Waals surface area contributed by atoms with Gasteiger partial charge in [-0.05, 0) is 62.0 Å².